The van der Waals surface area contributed by atoms with Crippen LogP contribution < -0.4 is 10.1 Å². The molecule has 21 heavy (non-hydrogen) atoms. The molecule has 116 valence electrons. The van der Waals surface area contributed by atoms with Crippen LogP contribution >= 0.6 is 0 Å². The summed E-state index contributed by atoms with van der Waals surface area (Å²) >= 11 is 0. The van der Waals surface area contributed by atoms with Crippen molar-refractivity contribution in [1.82, 2.24) is 5.32 Å². The molecule has 0 unspecified atom stereocenters. The third-order valence-corrected chi connectivity index (χ3v) is 2.98. The molecule has 2 N–H and O–H groups in total. The Bertz CT molecular complexity index is 465. The maximum atomic E-state index is 11.8. The van der Waals surface area contributed by atoms with E-state index >= 15 is 0 Å². The Labute approximate surface area is 125 Å². The molecule has 0 heterocycles. The van der Waals surface area contributed by atoms with Gasteiger partial charge in [-0.2, -0.15) is 0 Å². The Morgan fingerprint density at radius 2 is 1.86 bits per heavy atom. The van der Waals surface area contributed by atoms with Crippen molar-refractivity contribution in [3.05, 3.63) is 30.3 Å². The standard InChI is InChI=1S/C16H23NO4/c1-16(2,3)14(15(19)20)17-13(18)10-7-11-21-12-8-5-4-6-9-12/h4-6,8-9,14H,7,10-11H2,1-3H3,(H,17,18)(H,19,20)/t14-/m0/s1. The molecule has 1 aromatic carbocycles. The zero-order valence-corrected chi connectivity index (χ0v) is 12.8. The third-order valence-electron chi connectivity index (χ3n) is 2.98. The molecule has 0 aromatic heterocycles. The van der Waals surface area contributed by atoms with E-state index in [1.807, 2.05) is 30.3 Å². The fourth-order valence-corrected chi connectivity index (χ4v) is 1.82. The number of benzene rings is 1. The molecule has 1 aromatic rings. The first-order chi connectivity index (χ1) is 9.80. The van der Waals surface area contributed by atoms with Gasteiger partial charge in [-0.15, -0.1) is 0 Å². The minimum atomic E-state index is -1.02. The number of hydrogen-bond acceptors (Lipinski definition) is 3. The van der Waals surface area contributed by atoms with Crippen LogP contribution in [0.4, 0.5) is 0 Å². The summed E-state index contributed by atoms with van der Waals surface area (Å²) in [7, 11) is 0. The highest BCUT2D eigenvalue weighted by Crippen LogP contribution is 2.19. The fraction of sp³-hybridized carbons (Fsp3) is 0.500. The van der Waals surface area contributed by atoms with Crippen molar-refractivity contribution >= 4 is 11.9 Å². The summed E-state index contributed by atoms with van der Waals surface area (Å²) in [5, 5.41) is 11.7. The molecule has 1 rings (SSSR count). The van der Waals surface area contributed by atoms with Gasteiger partial charge in [0.1, 0.15) is 11.8 Å². The largest absolute Gasteiger partial charge is 0.494 e. The number of rotatable bonds is 7. The highest BCUT2D eigenvalue weighted by molar-refractivity contribution is 5.84. The molecular formula is C16H23NO4. The van der Waals surface area contributed by atoms with Gasteiger partial charge in [-0.3, -0.25) is 4.79 Å². The molecule has 0 radical (unpaired) electrons. The second-order valence-corrected chi connectivity index (χ2v) is 5.97. The molecule has 0 aliphatic heterocycles. The minimum Gasteiger partial charge on any atom is -0.494 e. The molecule has 0 saturated heterocycles. The van der Waals surface area contributed by atoms with Crippen LogP contribution in [0.25, 0.3) is 0 Å². The van der Waals surface area contributed by atoms with Gasteiger partial charge >= 0.3 is 5.97 Å². The zero-order chi connectivity index (χ0) is 15.9. The normalized spacial score (nSPS) is 12.5. The van der Waals surface area contributed by atoms with Crippen LogP contribution in [0.15, 0.2) is 30.3 Å². The molecule has 5 heteroatoms. The lowest BCUT2D eigenvalue weighted by atomic mass is 9.86. The van der Waals surface area contributed by atoms with Crippen molar-refractivity contribution in [2.45, 2.75) is 39.7 Å². The average molecular weight is 293 g/mol. The Morgan fingerprint density at radius 3 is 2.38 bits per heavy atom. The van der Waals surface area contributed by atoms with Crippen LogP contribution in [-0.2, 0) is 9.59 Å². The van der Waals surface area contributed by atoms with E-state index in [2.05, 4.69) is 5.32 Å². The summed E-state index contributed by atoms with van der Waals surface area (Å²) in [5.41, 5.74) is -0.526. The lowest BCUT2D eigenvalue weighted by Crippen LogP contribution is -2.49. The van der Waals surface area contributed by atoms with Gasteiger partial charge < -0.3 is 15.2 Å². The van der Waals surface area contributed by atoms with Gasteiger partial charge in [0.2, 0.25) is 5.91 Å². The van der Waals surface area contributed by atoms with Crippen molar-refractivity contribution in [2.75, 3.05) is 6.61 Å². The summed E-state index contributed by atoms with van der Waals surface area (Å²) in [5.74, 6) is -0.526. The Hall–Kier alpha value is -2.04. The monoisotopic (exact) mass is 293 g/mol. The molecule has 1 amide bonds. The maximum absolute atomic E-state index is 11.8. The van der Waals surface area contributed by atoms with Crippen LogP contribution in [0.3, 0.4) is 0 Å². The summed E-state index contributed by atoms with van der Waals surface area (Å²) in [4.78, 5) is 22.9. The number of ether oxygens (including phenoxy) is 1. The van der Waals surface area contributed by atoms with E-state index in [0.29, 0.717) is 13.0 Å². The van der Waals surface area contributed by atoms with Gasteiger partial charge in [0.15, 0.2) is 0 Å². The molecule has 0 spiro atoms. The lowest BCUT2D eigenvalue weighted by Gasteiger charge is -2.27. The Morgan fingerprint density at radius 1 is 1.24 bits per heavy atom. The van der Waals surface area contributed by atoms with E-state index in [1.54, 1.807) is 20.8 Å². The SMILES string of the molecule is CC(C)(C)[C@@H](NC(=O)CCCOc1ccccc1)C(=O)O. The first-order valence-corrected chi connectivity index (χ1v) is 7.00. The molecule has 0 aliphatic carbocycles. The van der Waals surface area contributed by atoms with Crippen LogP contribution in [0.2, 0.25) is 0 Å². The van der Waals surface area contributed by atoms with Gasteiger partial charge in [-0.25, -0.2) is 4.79 Å². The van der Waals surface area contributed by atoms with Crippen LogP contribution in [0.5, 0.6) is 5.75 Å². The highest BCUT2D eigenvalue weighted by atomic mass is 16.5. The predicted octanol–water partition coefficient (Wildman–Crippen LogP) is 2.46. The Kier molecular flexibility index (Phi) is 6.21. The predicted molar refractivity (Wildman–Crippen MR) is 80.2 cm³/mol. The van der Waals surface area contributed by atoms with E-state index in [0.717, 1.165) is 5.75 Å². The van der Waals surface area contributed by atoms with E-state index < -0.39 is 17.4 Å². The summed E-state index contributed by atoms with van der Waals surface area (Å²) < 4.78 is 5.48. The average Bonchev–Trinajstić information content (AvgIpc) is 2.40. The Balaban J connectivity index is 2.32. The summed E-state index contributed by atoms with van der Waals surface area (Å²) in [6, 6.07) is 8.46. The number of carboxylic acids is 1. The number of carboxylic acid groups (broad SMARTS) is 1. The quantitative estimate of drug-likeness (QED) is 0.757. The molecule has 1 atom stereocenters. The first-order valence-electron chi connectivity index (χ1n) is 7.00. The third kappa shape index (κ3) is 6.29. The number of nitrogens with one attached hydrogen (secondary N) is 1. The smallest absolute Gasteiger partial charge is 0.326 e. The molecule has 5 nitrogen and oxygen atoms in total. The molecule has 0 aliphatic rings. The summed E-state index contributed by atoms with van der Waals surface area (Å²) in [6.45, 7) is 5.77. The molecule has 0 bridgehead atoms. The highest BCUT2D eigenvalue weighted by Gasteiger charge is 2.32. The number of hydrogen-bond donors (Lipinski definition) is 2. The number of carbonyl (C=O) groups excluding carboxylic acids is 1. The molecule has 0 fully saturated rings. The summed E-state index contributed by atoms with van der Waals surface area (Å²) in [6.07, 6.45) is 0.782. The van der Waals surface area contributed by atoms with Gasteiger partial charge in [0, 0.05) is 6.42 Å². The van der Waals surface area contributed by atoms with Crippen molar-refractivity contribution in [2.24, 2.45) is 5.41 Å². The lowest BCUT2D eigenvalue weighted by molar-refractivity contribution is -0.145. The van der Waals surface area contributed by atoms with Gasteiger partial charge in [0.05, 0.1) is 6.61 Å². The number of carbonyl (C=O) groups is 2. The van der Waals surface area contributed by atoms with Crippen molar-refractivity contribution in [3.63, 3.8) is 0 Å². The maximum Gasteiger partial charge on any atom is 0.326 e. The van der Waals surface area contributed by atoms with Crippen LogP contribution in [-0.4, -0.2) is 29.6 Å². The number of amides is 1. The van der Waals surface area contributed by atoms with Crippen molar-refractivity contribution in [3.8, 4) is 5.75 Å². The van der Waals surface area contributed by atoms with Crippen molar-refractivity contribution in [1.29, 1.82) is 0 Å². The van der Waals surface area contributed by atoms with Gasteiger partial charge in [0.25, 0.3) is 0 Å². The zero-order valence-electron chi connectivity index (χ0n) is 12.8. The fourth-order valence-electron chi connectivity index (χ4n) is 1.82. The van der Waals surface area contributed by atoms with E-state index in [1.165, 1.54) is 0 Å². The van der Waals surface area contributed by atoms with Gasteiger partial charge in [-0.1, -0.05) is 39.0 Å². The second kappa shape index (κ2) is 7.67. The van der Waals surface area contributed by atoms with Crippen molar-refractivity contribution < 1.29 is 19.4 Å². The van der Waals surface area contributed by atoms with Gasteiger partial charge in [-0.05, 0) is 24.0 Å². The van der Waals surface area contributed by atoms with E-state index in [-0.39, 0.29) is 12.3 Å². The number of aliphatic carboxylic acids is 1. The van der Waals surface area contributed by atoms with Crippen LogP contribution in [0, 0.1) is 5.41 Å². The number of para-hydroxylation sites is 1. The topological polar surface area (TPSA) is 75.6 Å². The van der Waals surface area contributed by atoms with E-state index in [4.69, 9.17) is 9.84 Å². The van der Waals surface area contributed by atoms with Crippen LogP contribution in [0.1, 0.15) is 33.6 Å². The minimum absolute atomic E-state index is 0.243. The first kappa shape index (κ1) is 17.0. The molecule has 0 saturated carbocycles. The van der Waals surface area contributed by atoms with E-state index in [9.17, 15) is 9.59 Å². The second-order valence-electron chi connectivity index (χ2n) is 5.97. The molecular weight excluding hydrogens is 270 g/mol.